The topological polar surface area (TPSA) is 92.9 Å². The van der Waals surface area contributed by atoms with E-state index in [1.165, 1.54) is 12.4 Å². The third kappa shape index (κ3) is 4.31. The molecule has 0 spiro atoms. The van der Waals surface area contributed by atoms with Gasteiger partial charge < -0.3 is 16.4 Å². The standard InChI is InChI=1S/C10H15N5OS/c1-6(2)15-7(16)5-14-10-8(9(11)17)12-3-4-13-10/h3-4,6H,5H2,1-2H3,(H2,11,17)(H,13,14)(H,15,16). The van der Waals surface area contributed by atoms with Crippen LogP contribution in [0.15, 0.2) is 12.4 Å². The van der Waals surface area contributed by atoms with Gasteiger partial charge in [-0.3, -0.25) is 4.79 Å². The van der Waals surface area contributed by atoms with E-state index in [9.17, 15) is 4.79 Å². The number of rotatable bonds is 5. The van der Waals surface area contributed by atoms with Gasteiger partial charge in [0.15, 0.2) is 5.82 Å². The molecular formula is C10H15N5OS. The fourth-order valence-electron chi connectivity index (χ4n) is 1.18. The molecular weight excluding hydrogens is 238 g/mol. The fraction of sp³-hybridized carbons (Fsp3) is 0.400. The highest BCUT2D eigenvalue weighted by molar-refractivity contribution is 7.80. The van der Waals surface area contributed by atoms with Gasteiger partial charge in [0.05, 0.1) is 6.54 Å². The van der Waals surface area contributed by atoms with Crippen molar-refractivity contribution in [3.8, 4) is 0 Å². The molecule has 0 saturated carbocycles. The van der Waals surface area contributed by atoms with E-state index in [1.54, 1.807) is 0 Å². The van der Waals surface area contributed by atoms with Crippen LogP contribution in [0.25, 0.3) is 0 Å². The van der Waals surface area contributed by atoms with E-state index in [1.807, 2.05) is 13.8 Å². The van der Waals surface area contributed by atoms with Crippen LogP contribution in [0.5, 0.6) is 0 Å². The van der Waals surface area contributed by atoms with Crippen molar-refractivity contribution in [3.05, 3.63) is 18.1 Å². The highest BCUT2D eigenvalue weighted by atomic mass is 32.1. The summed E-state index contributed by atoms with van der Waals surface area (Å²) in [6.07, 6.45) is 3.00. The van der Waals surface area contributed by atoms with Gasteiger partial charge in [-0.25, -0.2) is 9.97 Å². The highest BCUT2D eigenvalue weighted by Gasteiger charge is 2.09. The molecule has 0 aliphatic rings. The number of aromatic nitrogens is 2. The average molecular weight is 253 g/mol. The Kier molecular flexibility index (Phi) is 4.77. The maximum Gasteiger partial charge on any atom is 0.239 e. The summed E-state index contributed by atoms with van der Waals surface area (Å²) < 4.78 is 0. The molecule has 0 radical (unpaired) electrons. The first-order valence-electron chi connectivity index (χ1n) is 5.14. The summed E-state index contributed by atoms with van der Waals surface area (Å²) in [4.78, 5) is 19.6. The van der Waals surface area contributed by atoms with Gasteiger partial charge in [-0.2, -0.15) is 0 Å². The third-order valence-corrected chi connectivity index (χ3v) is 1.99. The van der Waals surface area contributed by atoms with Crippen LogP contribution in [-0.2, 0) is 4.79 Å². The minimum Gasteiger partial charge on any atom is -0.388 e. The molecule has 1 rings (SSSR count). The van der Waals surface area contributed by atoms with Crippen molar-refractivity contribution < 1.29 is 4.79 Å². The predicted molar refractivity (Wildman–Crippen MR) is 69.7 cm³/mol. The Balaban J connectivity index is 2.63. The minimum absolute atomic E-state index is 0.0983. The first-order chi connectivity index (χ1) is 8.00. The number of amides is 1. The summed E-state index contributed by atoms with van der Waals surface area (Å²) in [6, 6.07) is 0.0983. The van der Waals surface area contributed by atoms with E-state index in [-0.39, 0.29) is 23.5 Å². The van der Waals surface area contributed by atoms with Crippen LogP contribution in [-0.4, -0.2) is 33.5 Å². The van der Waals surface area contributed by atoms with Crippen LogP contribution >= 0.6 is 12.2 Å². The summed E-state index contributed by atoms with van der Waals surface area (Å²) in [5.74, 6) is 0.290. The van der Waals surface area contributed by atoms with E-state index >= 15 is 0 Å². The largest absolute Gasteiger partial charge is 0.388 e. The number of nitrogens with one attached hydrogen (secondary N) is 2. The van der Waals surface area contributed by atoms with Gasteiger partial charge in [-0.1, -0.05) is 12.2 Å². The van der Waals surface area contributed by atoms with E-state index in [4.69, 9.17) is 18.0 Å². The molecule has 0 aromatic carbocycles. The molecule has 92 valence electrons. The Morgan fingerprint density at radius 1 is 1.47 bits per heavy atom. The predicted octanol–water partition coefficient (Wildman–Crippen LogP) is 0.0473. The molecule has 0 aliphatic carbocycles. The normalized spacial score (nSPS) is 10.1. The monoisotopic (exact) mass is 253 g/mol. The van der Waals surface area contributed by atoms with E-state index < -0.39 is 0 Å². The number of carbonyl (C=O) groups is 1. The molecule has 1 aromatic rings. The zero-order chi connectivity index (χ0) is 12.8. The van der Waals surface area contributed by atoms with Crippen LogP contribution in [0, 0.1) is 0 Å². The van der Waals surface area contributed by atoms with Crippen molar-refractivity contribution in [2.75, 3.05) is 11.9 Å². The number of thiocarbonyl (C=S) groups is 1. The Bertz CT molecular complexity index is 421. The molecule has 0 aliphatic heterocycles. The second kappa shape index (κ2) is 6.09. The van der Waals surface area contributed by atoms with Gasteiger partial charge >= 0.3 is 0 Å². The summed E-state index contributed by atoms with van der Waals surface area (Å²) in [5.41, 5.74) is 5.88. The second-order valence-corrected chi connectivity index (χ2v) is 4.13. The van der Waals surface area contributed by atoms with Crippen LogP contribution in [0.1, 0.15) is 19.5 Å². The highest BCUT2D eigenvalue weighted by Crippen LogP contribution is 2.06. The molecule has 0 unspecified atom stereocenters. The lowest BCUT2D eigenvalue weighted by Crippen LogP contribution is -2.35. The first-order valence-corrected chi connectivity index (χ1v) is 5.55. The SMILES string of the molecule is CC(C)NC(=O)CNc1nccnc1C(N)=S. The Morgan fingerprint density at radius 2 is 2.12 bits per heavy atom. The lowest BCUT2D eigenvalue weighted by atomic mass is 10.3. The maximum atomic E-state index is 11.4. The third-order valence-electron chi connectivity index (χ3n) is 1.80. The fourth-order valence-corrected chi connectivity index (χ4v) is 1.33. The Labute approximate surface area is 105 Å². The van der Waals surface area contributed by atoms with E-state index in [2.05, 4.69) is 20.6 Å². The molecule has 6 nitrogen and oxygen atoms in total. The lowest BCUT2D eigenvalue weighted by Gasteiger charge is -2.11. The van der Waals surface area contributed by atoms with Crippen molar-refractivity contribution in [1.82, 2.24) is 15.3 Å². The van der Waals surface area contributed by atoms with Crippen molar-refractivity contribution in [3.63, 3.8) is 0 Å². The van der Waals surface area contributed by atoms with Gasteiger partial charge in [0.1, 0.15) is 10.7 Å². The first kappa shape index (κ1) is 13.3. The quantitative estimate of drug-likeness (QED) is 0.642. The zero-order valence-corrected chi connectivity index (χ0v) is 10.5. The molecule has 1 aromatic heterocycles. The number of anilines is 1. The van der Waals surface area contributed by atoms with Crippen molar-refractivity contribution in [2.45, 2.75) is 19.9 Å². The zero-order valence-electron chi connectivity index (χ0n) is 9.73. The molecule has 17 heavy (non-hydrogen) atoms. The number of hydrogen-bond donors (Lipinski definition) is 3. The molecule has 0 fully saturated rings. The molecule has 0 saturated heterocycles. The Hall–Kier alpha value is -1.76. The summed E-state index contributed by atoms with van der Waals surface area (Å²) in [5, 5.41) is 5.59. The average Bonchev–Trinajstić information content (AvgIpc) is 2.25. The van der Waals surface area contributed by atoms with Crippen molar-refractivity contribution in [1.29, 1.82) is 0 Å². The molecule has 4 N–H and O–H groups in total. The van der Waals surface area contributed by atoms with Gasteiger partial charge in [0.25, 0.3) is 0 Å². The summed E-state index contributed by atoms with van der Waals surface area (Å²) >= 11 is 4.83. The summed E-state index contributed by atoms with van der Waals surface area (Å²) in [6.45, 7) is 3.88. The smallest absolute Gasteiger partial charge is 0.239 e. The van der Waals surface area contributed by atoms with Crippen LogP contribution < -0.4 is 16.4 Å². The van der Waals surface area contributed by atoms with Crippen LogP contribution in [0.3, 0.4) is 0 Å². The Morgan fingerprint density at radius 3 is 2.71 bits per heavy atom. The van der Waals surface area contributed by atoms with Gasteiger partial charge in [-0.05, 0) is 13.8 Å². The minimum atomic E-state index is -0.125. The maximum absolute atomic E-state index is 11.4. The molecule has 1 amide bonds. The van der Waals surface area contributed by atoms with Crippen LogP contribution in [0.2, 0.25) is 0 Å². The lowest BCUT2D eigenvalue weighted by molar-refractivity contribution is -0.119. The second-order valence-electron chi connectivity index (χ2n) is 3.69. The summed E-state index contributed by atoms with van der Waals surface area (Å²) in [7, 11) is 0. The molecule has 0 bridgehead atoms. The molecule has 0 atom stereocenters. The number of hydrogen-bond acceptors (Lipinski definition) is 5. The van der Waals surface area contributed by atoms with Crippen molar-refractivity contribution in [2.24, 2.45) is 5.73 Å². The number of nitrogens with zero attached hydrogens (tertiary/aromatic N) is 2. The number of carbonyl (C=O) groups excluding carboxylic acids is 1. The number of nitrogens with two attached hydrogens (primary N) is 1. The van der Waals surface area contributed by atoms with Gasteiger partial charge in [0, 0.05) is 18.4 Å². The van der Waals surface area contributed by atoms with Gasteiger partial charge in [-0.15, -0.1) is 0 Å². The molecule has 1 heterocycles. The van der Waals surface area contributed by atoms with E-state index in [0.29, 0.717) is 11.5 Å². The molecule has 7 heteroatoms. The van der Waals surface area contributed by atoms with Crippen molar-refractivity contribution >= 4 is 28.9 Å². The van der Waals surface area contributed by atoms with Crippen LogP contribution in [0.4, 0.5) is 5.82 Å². The van der Waals surface area contributed by atoms with Gasteiger partial charge in [0.2, 0.25) is 5.91 Å². The van der Waals surface area contributed by atoms with E-state index in [0.717, 1.165) is 0 Å².